The van der Waals surface area contributed by atoms with Gasteiger partial charge < -0.3 is 15.5 Å². The smallest absolute Gasteiger partial charge is 0.253 e. The molecule has 2 fully saturated rings. The van der Waals surface area contributed by atoms with Crippen LogP contribution in [0.2, 0.25) is 0 Å². The highest BCUT2D eigenvalue weighted by atomic mass is 16.2. The van der Waals surface area contributed by atoms with Crippen LogP contribution in [0, 0.1) is 5.92 Å². The van der Waals surface area contributed by atoms with Crippen molar-refractivity contribution in [3.05, 3.63) is 54.1 Å². The molecule has 2 aromatic carbocycles. The van der Waals surface area contributed by atoms with E-state index in [4.69, 9.17) is 0 Å². The molecule has 0 aromatic heterocycles. The van der Waals surface area contributed by atoms with Crippen molar-refractivity contribution in [1.29, 1.82) is 0 Å². The van der Waals surface area contributed by atoms with Crippen molar-refractivity contribution >= 4 is 23.4 Å². The second-order valence-electron chi connectivity index (χ2n) is 9.73. The SMILES string of the molecule is CN1C(=O)C(NC(=O)C2(NC(=O)CCC3CC3)CCCC2)c2ccccc2-c2ccccc21. The third-order valence-corrected chi connectivity index (χ3v) is 7.43. The summed E-state index contributed by atoms with van der Waals surface area (Å²) in [6.07, 6.45) is 6.74. The van der Waals surface area contributed by atoms with Crippen molar-refractivity contribution < 1.29 is 14.4 Å². The summed E-state index contributed by atoms with van der Waals surface area (Å²) in [5.41, 5.74) is 2.55. The molecule has 3 aliphatic rings. The second-order valence-corrected chi connectivity index (χ2v) is 9.73. The van der Waals surface area contributed by atoms with Gasteiger partial charge in [-0.15, -0.1) is 0 Å². The summed E-state index contributed by atoms with van der Waals surface area (Å²) in [7, 11) is 1.75. The van der Waals surface area contributed by atoms with Crippen LogP contribution in [0.15, 0.2) is 48.5 Å². The molecule has 2 aliphatic carbocycles. The largest absolute Gasteiger partial charge is 0.342 e. The molecule has 172 valence electrons. The van der Waals surface area contributed by atoms with Gasteiger partial charge in [-0.05, 0) is 42.4 Å². The van der Waals surface area contributed by atoms with E-state index in [9.17, 15) is 14.4 Å². The van der Waals surface area contributed by atoms with Gasteiger partial charge in [-0.2, -0.15) is 0 Å². The number of benzene rings is 2. The Kier molecular flexibility index (Phi) is 5.69. The first-order chi connectivity index (χ1) is 16.0. The van der Waals surface area contributed by atoms with Gasteiger partial charge in [-0.25, -0.2) is 0 Å². The number of fused-ring (bicyclic) bond motifs is 3. The summed E-state index contributed by atoms with van der Waals surface area (Å²) in [5, 5.41) is 6.12. The van der Waals surface area contributed by atoms with Crippen molar-refractivity contribution in [2.45, 2.75) is 62.9 Å². The Balaban J connectivity index is 1.43. The van der Waals surface area contributed by atoms with Crippen LogP contribution < -0.4 is 15.5 Å². The quantitative estimate of drug-likeness (QED) is 0.703. The molecule has 3 amide bonds. The molecule has 0 spiro atoms. The number of nitrogens with zero attached hydrogens (tertiary/aromatic N) is 1. The summed E-state index contributed by atoms with van der Waals surface area (Å²) < 4.78 is 0. The van der Waals surface area contributed by atoms with E-state index in [2.05, 4.69) is 10.6 Å². The van der Waals surface area contributed by atoms with Gasteiger partial charge in [0.05, 0.1) is 5.69 Å². The van der Waals surface area contributed by atoms with Gasteiger partial charge in [0, 0.05) is 19.0 Å². The number of likely N-dealkylation sites (N-methyl/N-ethyl adjacent to an activating group) is 1. The van der Waals surface area contributed by atoms with Crippen molar-refractivity contribution in [2.75, 3.05) is 11.9 Å². The molecule has 2 saturated carbocycles. The number of hydrogen-bond donors (Lipinski definition) is 2. The van der Waals surface area contributed by atoms with Crippen LogP contribution >= 0.6 is 0 Å². The number of para-hydroxylation sites is 1. The normalized spacial score (nSPS) is 21.1. The van der Waals surface area contributed by atoms with E-state index in [-0.39, 0.29) is 17.7 Å². The Bertz CT molecular complexity index is 1090. The van der Waals surface area contributed by atoms with E-state index in [0.29, 0.717) is 25.2 Å². The molecule has 33 heavy (non-hydrogen) atoms. The van der Waals surface area contributed by atoms with E-state index in [1.54, 1.807) is 11.9 Å². The summed E-state index contributed by atoms with van der Waals surface area (Å²) in [4.78, 5) is 41.5. The second kappa shape index (κ2) is 8.65. The van der Waals surface area contributed by atoms with E-state index in [0.717, 1.165) is 41.6 Å². The third-order valence-electron chi connectivity index (χ3n) is 7.43. The predicted molar refractivity (Wildman–Crippen MR) is 127 cm³/mol. The van der Waals surface area contributed by atoms with E-state index < -0.39 is 11.6 Å². The fraction of sp³-hybridized carbons (Fsp3) is 0.444. The average Bonchev–Trinajstić information content (AvgIpc) is 3.57. The number of nitrogens with one attached hydrogen (secondary N) is 2. The molecule has 0 saturated heterocycles. The highest BCUT2D eigenvalue weighted by molar-refractivity contribution is 6.06. The first-order valence-electron chi connectivity index (χ1n) is 12.1. The standard InChI is InChI=1S/C27H31N3O3/c1-30-22-11-5-4-9-20(22)19-8-2-3-10-21(19)24(25(30)32)28-26(33)27(16-6-7-17-27)29-23(31)15-14-18-12-13-18/h2-5,8-11,18,24H,6-7,12-17H2,1H3,(H,28,33)(H,29,31). The number of rotatable bonds is 6. The summed E-state index contributed by atoms with van der Waals surface area (Å²) >= 11 is 0. The minimum absolute atomic E-state index is 0.0592. The van der Waals surface area contributed by atoms with Crippen molar-refractivity contribution in [3.63, 3.8) is 0 Å². The molecule has 0 bridgehead atoms. The van der Waals surface area contributed by atoms with Crippen LogP contribution in [0.4, 0.5) is 5.69 Å². The van der Waals surface area contributed by atoms with Gasteiger partial charge in [0.25, 0.3) is 5.91 Å². The molecular weight excluding hydrogens is 414 g/mol. The molecule has 6 nitrogen and oxygen atoms in total. The molecule has 2 N–H and O–H groups in total. The number of anilines is 1. The lowest BCUT2D eigenvalue weighted by Crippen LogP contribution is -2.58. The zero-order valence-electron chi connectivity index (χ0n) is 19.1. The van der Waals surface area contributed by atoms with Crippen LogP contribution in [0.1, 0.15) is 63.0 Å². The van der Waals surface area contributed by atoms with Gasteiger partial charge >= 0.3 is 0 Å². The maximum Gasteiger partial charge on any atom is 0.253 e. The zero-order valence-corrected chi connectivity index (χ0v) is 19.1. The van der Waals surface area contributed by atoms with Gasteiger partial charge in [-0.1, -0.05) is 68.1 Å². The zero-order chi connectivity index (χ0) is 23.0. The molecule has 5 rings (SSSR count). The minimum atomic E-state index is -0.937. The lowest BCUT2D eigenvalue weighted by atomic mass is 9.92. The van der Waals surface area contributed by atoms with Gasteiger partial charge in [-0.3, -0.25) is 14.4 Å². The Morgan fingerprint density at radius 3 is 2.39 bits per heavy atom. The lowest BCUT2D eigenvalue weighted by molar-refractivity contribution is -0.135. The Morgan fingerprint density at radius 1 is 1.00 bits per heavy atom. The molecule has 1 unspecified atom stereocenters. The first-order valence-corrected chi connectivity index (χ1v) is 12.1. The van der Waals surface area contributed by atoms with Crippen molar-refractivity contribution in [3.8, 4) is 11.1 Å². The lowest BCUT2D eigenvalue weighted by Gasteiger charge is -2.32. The molecule has 1 atom stereocenters. The number of amides is 3. The van der Waals surface area contributed by atoms with Crippen molar-refractivity contribution in [1.82, 2.24) is 10.6 Å². The molecule has 1 aliphatic heterocycles. The summed E-state index contributed by atoms with van der Waals surface area (Å²) in [6.45, 7) is 0. The summed E-state index contributed by atoms with van der Waals surface area (Å²) in [5.74, 6) is 0.165. The van der Waals surface area contributed by atoms with E-state index >= 15 is 0 Å². The fourth-order valence-electron chi connectivity index (χ4n) is 5.30. The maximum absolute atomic E-state index is 13.7. The Labute approximate surface area is 194 Å². The van der Waals surface area contributed by atoms with E-state index in [1.165, 1.54) is 12.8 Å². The molecular formula is C27H31N3O3. The number of carbonyl (C=O) groups is 3. The highest BCUT2D eigenvalue weighted by Gasteiger charge is 2.45. The Hall–Kier alpha value is -3.15. The monoisotopic (exact) mass is 445 g/mol. The number of hydrogen-bond acceptors (Lipinski definition) is 3. The van der Waals surface area contributed by atoms with Gasteiger partial charge in [0.2, 0.25) is 11.8 Å². The summed E-state index contributed by atoms with van der Waals surface area (Å²) in [6, 6.07) is 14.7. The van der Waals surface area contributed by atoms with Crippen LogP contribution in [-0.2, 0) is 14.4 Å². The first kappa shape index (κ1) is 21.7. The minimum Gasteiger partial charge on any atom is -0.342 e. The third kappa shape index (κ3) is 4.14. The maximum atomic E-state index is 13.7. The Morgan fingerprint density at radius 2 is 1.67 bits per heavy atom. The number of carbonyl (C=O) groups excluding carboxylic acids is 3. The molecule has 1 heterocycles. The van der Waals surface area contributed by atoms with E-state index in [1.807, 2.05) is 48.5 Å². The highest BCUT2D eigenvalue weighted by Crippen LogP contribution is 2.40. The fourth-order valence-corrected chi connectivity index (χ4v) is 5.30. The predicted octanol–water partition coefficient (Wildman–Crippen LogP) is 4.11. The van der Waals surface area contributed by atoms with Crippen molar-refractivity contribution in [2.24, 2.45) is 5.92 Å². The van der Waals surface area contributed by atoms with Crippen LogP contribution in [0.5, 0.6) is 0 Å². The van der Waals surface area contributed by atoms with Crippen LogP contribution in [-0.4, -0.2) is 30.3 Å². The van der Waals surface area contributed by atoms with Crippen LogP contribution in [0.3, 0.4) is 0 Å². The van der Waals surface area contributed by atoms with Gasteiger partial charge in [0.1, 0.15) is 11.6 Å². The topological polar surface area (TPSA) is 78.5 Å². The average molecular weight is 446 g/mol. The van der Waals surface area contributed by atoms with Gasteiger partial charge in [0.15, 0.2) is 0 Å². The molecule has 0 radical (unpaired) electrons. The molecule has 6 heteroatoms. The molecule has 2 aromatic rings. The van der Waals surface area contributed by atoms with Crippen LogP contribution in [0.25, 0.3) is 11.1 Å².